The molecule has 0 saturated carbocycles. The van der Waals surface area contributed by atoms with Crippen LogP contribution in [-0.4, -0.2) is 29.8 Å². The van der Waals surface area contributed by atoms with Crippen LogP contribution in [0.25, 0.3) is 10.9 Å². The number of nitrogens with zero attached hydrogens (tertiary/aromatic N) is 3. The van der Waals surface area contributed by atoms with Crippen molar-refractivity contribution in [3.05, 3.63) is 64.3 Å². The Morgan fingerprint density at radius 2 is 1.68 bits per heavy atom. The molecule has 0 aliphatic carbocycles. The maximum atomic E-state index is 12.8. The molecule has 0 unspecified atom stereocenters. The van der Waals surface area contributed by atoms with E-state index in [9.17, 15) is 4.79 Å². The molecule has 3 rings (SSSR count). The molecule has 0 saturated heterocycles. The van der Waals surface area contributed by atoms with Crippen molar-refractivity contribution in [3.63, 3.8) is 0 Å². The monoisotopic (exact) mass is 355 g/mol. The normalized spacial score (nSPS) is 10.7. The fourth-order valence-corrected chi connectivity index (χ4v) is 2.44. The fourth-order valence-electron chi connectivity index (χ4n) is 2.18. The van der Waals surface area contributed by atoms with E-state index in [0.29, 0.717) is 17.2 Å². The van der Waals surface area contributed by atoms with Gasteiger partial charge in [-0.15, -0.1) is 0 Å². The van der Waals surface area contributed by atoms with Crippen molar-refractivity contribution in [3.8, 4) is 0 Å². The number of hydrogen-bond donors (Lipinski definition) is 0. The average Bonchev–Trinajstić information content (AvgIpc) is 2.53. The summed E-state index contributed by atoms with van der Waals surface area (Å²) in [7, 11) is 3.72. The third kappa shape index (κ3) is 2.72. The third-order valence-electron chi connectivity index (χ3n) is 3.31. The molecule has 0 spiro atoms. The minimum Gasteiger partial charge on any atom is -0.347 e. The van der Waals surface area contributed by atoms with Crippen LogP contribution in [-0.2, 0) is 0 Å². The van der Waals surface area contributed by atoms with Gasteiger partial charge in [0.2, 0.25) is 11.7 Å². The van der Waals surface area contributed by atoms with Crippen LogP contribution < -0.4 is 4.90 Å². The minimum absolute atomic E-state index is 0.103. The first-order valence-corrected chi connectivity index (χ1v) is 7.60. The third-order valence-corrected chi connectivity index (χ3v) is 3.84. The Labute approximate surface area is 136 Å². The van der Waals surface area contributed by atoms with E-state index < -0.39 is 0 Å². The molecule has 22 heavy (non-hydrogen) atoms. The van der Waals surface area contributed by atoms with Crippen molar-refractivity contribution >= 4 is 38.6 Å². The number of para-hydroxylation sites is 1. The number of anilines is 1. The molecule has 5 heteroatoms. The van der Waals surface area contributed by atoms with Gasteiger partial charge in [-0.1, -0.05) is 34.1 Å². The second-order valence-electron chi connectivity index (χ2n) is 5.12. The van der Waals surface area contributed by atoms with E-state index in [1.165, 1.54) is 0 Å². The Bertz CT molecular complexity index is 844. The van der Waals surface area contributed by atoms with Gasteiger partial charge in [-0.25, -0.2) is 9.97 Å². The van der Waals surface area contributed by atoms with Crippen LogP contribution in [0.15, 0.2) is 53.0 Å². The van der Waals surface area contributed by atoms with Crippen molar-refractivity contribution in [1.82, 2.24) is 9.97 Å². The van der Waals surface area contributed by atoms with Crippen LogP contribution in [0.3, 0.4) is 0 Å². The number of fused-ring (bicyclic) bond motifs is 1. The van der Waals surface area contributed by atoms with E-state index in [0.717, 1.165) is 15.4 Å². The van der Waals surface area contributed by atoms with Crippen LogP contribution >= 0.6 is 15.9 Å². The Kier molecular flexibility index (Phi) is 3.90. The summed E-state index contributed by atoms with van der Waals surface area (Å²) in [5.41, 5.74) is 1.80. The first-order valence-electron chi connectivity index (χ1n) is 6.80. The van der Waals surface area contributed by atoms with Crippen molar-refractivity contribution < 1.29 is 4.79 Å². The highest BCUT2D eigenvalue weighted by Gasteiger charge is 2.17. The zero-order chi connectivity index (χ0) is 15.7. The zero-order valence-electron chi connectivity index (χ0n) is 12.2. The number of ketones is 1. The summed E-state index contributed by atoms with van der Waals surface area (Å²) in [5.74, 6) is 0.424. The van der Waals surface area contributed by atoms with E-state index in [1.54, 1.807) is 17.0 Å². The molecular weight excluding hydrogens is 342 g/mol. The van der Waals surface area contributed by atoms with Crippen molar-refractivity contribution in [2.24, 2.45) is 0 Å². The fraction of sp³-hybridized carbons (Fsp3) is 0.118. The molecule has 110 valence electrons. The number of aromatic nitrogens is 2. The Balaban J connectivity index is 2.20. The van der Waals surface area contributed by atoms with Crippen molar-refractivity contribution in [1.29, 1.82) is 0 Å². The molecule has 1 heterocycles. The van der Waals surface area contributed by atoms with Gasteiger partial charge in [0.25, 0.3) is 0 Å². The van der Waals surface area contributed by atoms with Gasteiger partial charge in [-0.05, 0) is 30.3 Å². The zero-order valence-corrected chi connectivity index (χ0v) is 13.8. The van der Waals surface area contributed by atoms with E-state index in [-0.39, 0.29) is 5.78 Å². The SMILES string of the molecule is CN(C)c1nc(C(=O)c2ccc(Br)cc2)c2ccccc2n1. The van der Waals surface area contributed by atoms with E-state index in [2.05, 4.69) is 25.9 Å². The molecule has 2 aromatic carbocycles. The maximum absolute atomic E-state index is 12.8. The molecule has 0 aliphatic heterocycles. The molecule has 0 aliphatic rings. The summed E-state index contributed by atoms with van der Waals surface area (Å²) in [6, 6.07) is 14.8. The van der Waals surface area contributed by atoms with Gasteiger partial charge in [-0.2, -0.15) is 0 Å². The Morgan fingerprint density at radius 1 is 1.00 bits per heavy atom. The standard InChI is InChI=1S/C17H14BrN3O/c1-21(2)17-19-14-6-4-3-5-13(14)15(20-17)16(22)11-7-9-12(18)10-8-11/h3-10H,1-2H3. The van der Waals surface area contributed by atoms with Gasteiger partial charge >= 0.3 is 0 Å². The highest BCUT2D eigenvalue weighted by molar-refractivity contribution is 9.10. The van der Waals surface area contributed by atoms with Gasteiger partial charge in [0.05, 0.1) is 5.52 Å². The summed E-state index contributed by atoms with van der Waals surface area (Å²) in [6.07, 6.45) is 0. The lowest BCUT2D eigenvalue weighted by Gasteiger charge is -2.13. The number of carbonyl (C=O) groups is 1. The molecule has 0 atom stereocenters. The quantitative estimate of drug-likeness (QED) is 0.672. The molecule has 0 bridgehead atoms. The number of rotatable bonds is 3. The summed E-state index contributed by atoms with van der Waals surface area (Å²) in [6.45, 7) is 0. The smallest absolute Gasteiger partial charge is 0.226 e. The highest BCUT2D eigenvalue weighted by atomic mass is 79.9. The van der Waals surface area contributed by atoms with Gasteiger partial charge in [0.1, 0.15) is 5.69 Å². The molecule has 0 N–H and O–H groups in total. The van der Waals surface area contributed by atoms with Crippen molar-refractivity contribution in [2.75, 3.05) is 19.0 Å². The van der Waals surface area contributed by atoms with Gasteiger partial charge in [0.15, 0.2) is 0 Å². The molecule has 3 aromatic rings. The van der Waals surface area contributed by atoms with Crippen LogP contribution in [0, 0.1) is 0 Å². The van der Waals surface area contributed by atoms with Gasteiger partial charge in [0, 0.05) is 29.5 Å². The van der Waals surface area contributed by atoms with E-state index >= 15 is 0 Å². The molecule has 0 radical (unpaired) electrons. The lowest BCUT2D eigenvalue weighted by atomic mass is 10.0. The summed E-state index contributed by atoms with van der Waals surface area (Å²) >= 11 is 3.38. The van der Waals surface area contributed by atoms with Crippen LogP contribution in [0.5, 0.6) is 0 Å². The van der Waals surface area contributed by atoms with E-state index in [4.69, 9.17) is 0 Å². The topological polar surface area (TPSA) is 46.1 Å². The number of halogens is 1. The molecule has 0 amide bonds. The second-order valence-corrected chi connectivity index (χ2v) is 6.04. The second kappa shape index (κ2) is 5.85. The number of carbonyl (C=O) groups excluding carboxylic acids is 1. The van der Waals surface area contributed by atoms with Crippen LogP contribution in [0.4, 0.5) is 5.95 Å². The lowest BCUT2D eigenvalue weighted by molar-refractivity contribution is 0.103. The minimum atomic E-state index is -0.103. The summed E-state index contributed by atoms with van der Waals surface area (Å²) in [5, 5.41) is 0.765. The number of hydrogen-bond acceptors (Lipinski definition) is 4. The first kappa shape index (κ1) is 14.7. The molecule has 4 nitrogen and oxygen atoms in total. The van der Waals surface area contributed by atoms with Gasteiger partial charge < -0.3 is 4.90 Å². The molecule has 0 fully saturated rings. The predicted molar refractivity (Wildman–Crippen MR) is 91.4 cm³/mol. The summed E-state index contributed by atoms with van der Waals surface area (Å²) < 4.78 is 0.936. The van der Waals surface area contributed by atoms with Gasteiger partial charge in [-0.3, -0.25) is 4.79 Å². The average molecular weight is 356 g/mol. The van der Waals surface area contributed by atoms with Crippen molar-refractivity contribution in [2.45, 2.75) is 0 Å². The van der Waals surface area contributed by atoms with Crippen LogP contribution in [0.1, 0.15) is 16.1 Å². The first-order chi connectivity index (χ1) is 10.6. The molecule has 1 aromatic heterocycles. The number of benzene rings is 2. The maximum Gasteiger partial charge on any atom is 0.226 e. The predicted octanol–water partition coefficient (Wildman–Crippen LogP) is 3.69. The highest BCUT2D eigenvalue weighted by Crippen LogP contribution is 2.22. The summed E-state index contributed by atoms with van der Waals surface area (Å²) in [4.78, 5) is 23.6. The lowest BCUT2D eigenvalue weighted by Crippen LogP contribution is -2.16. The van der Waals surface area contributed by atoms with E-state index in [1.807, 2.05) is 50.5 Å². The Hall–Kier alpha value is -2.27. The Morgan fingerprint density at radius 3 is 2.36 bits per heavy atom. The van der Waals surface area contributed by atoms with Crippen LogP contribution in [0.2, 0.25) is 0 Å². The largest absolute Gasteiger partial charge is 0.347 e. The molecular formula is C17H14BrN3O.